The molecule has 0 aliphatic carbocycles. The normalized spacial score (nSPS) is 13.6. The Morgan fingerprint density at radius 2 is 2.23 bits per heavy atom. The molecule has 13 heavy (non-hydrogen) atoms. The Hall–Kier alpha value is -0.0000000000000000833. The first kappa shape index (κ1) is 11.1. The predicted octanol–water partition coefficient (Wildman–Crippen LogP) is 3.43. The fourth-order valence-electron chi connectivity index (χ4n) is 0.927. The van der Waals surface area contributed by atoms with E-state index in [2.05, 4.69) is 21.2 Å². The van der Waals surface area contributed by atoms with E-state index in [1.807, 2.05) is 19.1 Å². The molecule has 1 nitrogen and oxygen atoms in total. The van der Waals surface area contributed by atoms with Gasteiger partial charge < -0.3 is 5.32 Å². The standard InChI is InChI=1S/C8H10BrF2NS/c1-5(12-4-8(10)11)6-2-3-7(9)13-6/h2-3,5,8,12H,4H2,1H3. The van der Waals surface area contributed by atoms with Gasteiger partial charge in [-0.05, 0) is 35.0 Å². The number of hydrogen-bond acceptors (Lipinski definition) is 2. The van der Waals surface area contributed by atoms with Crippen molar-refractivity contribution in [1.29, 1.82) is 0 Å². The van der Waals surface area contributed by atoms with Gasteiger partial charge in [-0.25, -0.2) is 8.78 Å². The summed E-state index contributed by atoms with van der Waals surface area (Å²) in [4.78, 5) is 1.06. The zero-order chi connectivity index (χ0) is 9.84. The second-order valence-electron chi connectivity index (χ2n) is 2.66. The molecule has 1 rings (SSSR count). The van der Waals surface area contributed by atoms with Crippen LogP contribution in [0.15, 0.2) is 15.9 Å². The highest BCUT2D eigenvalue weighted by molar-refractivity contribution is 9.11. The van der Waals surface area contributed by atoms with E-state index >= 15 is 0 Å². The molecule has 0 amide bonds. The van der Waals surface area contributed by atoms with Crippen molar-refractivity contribution in [3.63, 3.8) is 0 Å². The number of thiophene rings is 1. The largest absolute Gasteiger partial charge is 0.304 e. The van der Waals surface area contributed by atoms with Crippen molar-refractivity contribution in [3.05, 3.63) is 20.8 Å². The van der Waals surface area contributed by atoms with E-state index in [1.54, 1.807) is 11.3 Å². The summed E-state index contributed by atoms with van der Waals surface area (Å²) in [7, 11) is 0. The minimum atomic E-state index is -2.29. The van der Waals surface area contributed by atoms with Crippen molar-refractivity contribution in [2.75, 3.05) is 6.54 Å². The lowest BCUT2D eigenvalue weighted by Crippen LogP contribution is -2.23. The predicted molar refractivity (Wildman–Crippen MR) is 54.4 cm³/mol. The van der Waals surface area contributed by atoms with Crippen LogP contribution in [0.4, 0.5) is 8.78 Å². The quantitative estimate of drug-likeness (QED) is 0.883. The molecule has 0 saturated carbocycles. The van der Waals surface area contributed by atoms with Crippen molar-refractivity contribution in [1.82, 2.24) is 5.32 Å². The average Bonchev–Trinajstić information content (AvgIpc) is 2.47. The van der Waals surface area contributed by atoms with E-state index in [0.717, 1.165) is 8.66 Å². The Labute approximate surface area is 88.3 Å². The van der Waals surface area contributed by atoms with Gasteiger partial charge in [0.05, 0.1) is 10.3 Å². The smallest absolute Gasteiger partial charge is 0.250 e. The van der Waals surface area contributed by atoms with Gasteiger partial charge in [0.15, 0.2) is 0 Å². The number of nitrogens with one attached hydrogen (secondary N) is 1. The highest BCUT2D eigenvalue weighted by atomic mass is 79.9. The average molecular weight is 270 g/mol. The van der Waals surface area contributed by atoms with Crippen molar-refractivity contribution in [3.8, 4) is 0 Å². The number of hydrogen-bond donors (Lipinski definition) is 1. The molecule has 0 aliphatic rings. The lowest BCUT2D eigenvalue weighted by Gasteiger charge is -2.10. The fraction of sp³-hybridized carbons (Fsp3) is 0.500. The van der Waals surface area contributed by atoms with E-state index < -0.39 is 6.43 Å². The van der Waals surface area contributed by atoms with Crippen LogP contribution in [0.5, 0.6) is 0 Å². The summed E-state index contributed by atoms with van der Waals surface area (Å²) in [5, 5.41) is 2.75. The van der Waals surface area contributed by atoms with Gasteiger partial charge in [0, 0.05) is 10.9 Å². The summed E-state index contributed by atoms with van der Waals surface area (Å²) in [6, 6.07) is 3.84. The van der Waals surface area contributed by atoms with Crippen molar-refractivity contribution >= 4 is 27.3 Å². The Balaban J connectivity index is 2.44. The molecule has 1 N–H and O–H groups in total. The van der Waals surface area contributed by atoms with Crippen molar-refractivity contribution < 1.29 is 8.78 Å². The molecule has 0 aliphatic heterocycles. The third-order valence-electron chi connectivity index (χ3n) is 1.60. The van der Waals surface area contributed by atoms with E-state index in [4.69, 9.17) is 0 Å². The minimum Gasteiger partial charge on any atom is -0.304 e. The molecule has 5 heteroatoms. The molecule has 1 heterocycles. The van der Waals surface area contributed by atoms with Crippen LogP contribution in [-0.4, -0.2) is 13.0 Å². The molecule has 1 unspecified atom stereocenters. The summed E-state index contributed by atoms with van der Waals surface area (Å²) >= 11 is 4.88. The molecule has 1 aromatic rings. The van der Waals surface area contributed by atoms with E-state index in [0.29, 0.717) is 0 Å². The number of halogens is 3. The van der Waals surface area contributed by atoms with Crippen LogP contribution >= 0.6 is 27.3 Å². The molecular formula is C8H10BrF2NS. The molecule has 0 radical (unpaired) electrons. The Morgan fingerprint density at radius 1 is 1.54 bits per heavy atom. The van der Waals surface area contributed by atoms with Gasteiger partial charge in [-0.1, -0.05) is 0 Å². The van der Waals surface area contributed by atoms with Crippen LogP contribution < -0.4 is 5.32 Å². The maximum atomic E-state index is 11.8. The monoisotopic (exact) mass is 269 g/mol. The van der Waals surface area contributed by atoms with E-state index in [1.165, 1.54) is 0 Å². The second-order valence-corrected chi connectivity index (χ2v) is 5.16. The van der Waals surface area contributed by atoms with Gasteiger partial charge in [0.2, 0.25) is 0 Å². The summed E-state index contributed by atoms with van der Waals surface area (Å²) in [5.74, 6) is 0. The SMILES string of the molecule is CC(NCC(F)F)c1ccc(Br)s1. The third-order valence-corrected chi connectivity index (χ3v) is 3.41. The van der Waals surface area contributed by atoms with Crippen LogP contribution in [0.3, 0.4) is 0 Å². The first-order valence-electron chi connectivity index (χ1n) is 3.86. The van der Waals surface area contributed by atoms with Crippen LogP contribution in [0.1, 0.15) is 17.8 Å². The van der Waals surface area contributed by atoms with Gasteiger partial charge in [-0.2, -0.15) is 0 Å². The molecule has 1 atom stereocenters. The number of alkyl halides is 2. The summed E-state index contributed by atoms with van der Waals surface area (Å²) < 4.78 is 24.7. The van der Waals surface area contributed by atoms with Crippen LogP contribution in [0, 0.1) is 0 Å². The second kappa shape index (κ2) is 5.02. The van der Waals surface area contributed by atoms with Crippen LogP contribution in [-0.2, 0) is 0 Å². The first-order chi connectivity index (χ1) is 6.09. The zero-order valence-electron chi connectivity index (χ0n) is 7.06. The van der Waals surface area contributed by atoms with Gasteiger partial charge in [0.1, 0.15) is 0 Å². The van der Waals surface area contributed by atoms with Gasteiger partial charge in [-0.3, -0.25) is 0 Å². The van der Waals surface area contributed by atoms with Gasteiger partial charge >= 0.3 is 0 Å². The van der Waals surface area contributed by atoms with E-state index in [-0.39, 0.29) is 12.6 Å². The summed E-state index contributed by atoms with van der Waals surface area (Å²) in [6.45, 7) is 1.62. The molecule has 0 bridgehead atoms. The molecule has 1 aromatic heterocycles. The van der Waals surface area contributed by atoms with Crippen molar-refractivity contribution in [2.45, 2.75) is 19.4 Å². The molecule has 0 aromatic carbocycles. The summed E-state index contributed by atoms with van der Waals surface area (Å²) in [5.41, 5.74) is 0. The Kier molecular flexibility index (Phi) is 4.28. The third kappa shape index (κ3) is 3.70. The lowest BCUT2D eigenvalue weighted by molar-refractivity contribution is 0.142. The highest BCUT2D eigenvalue weighted by Gasteiger charge is 2.09. The molecule has 0 fully saturated rings. The maximum absolute atomic E-state index is 11.8. The number of rotatable bonds is 4. The van der Waals surface area contributed by atoms with E-state index in [9.17, 15) is 8.78 Å². The first-order valence-corrected chi connectivity index (χ1v) is 5.47. The molecular weight excluding hydrogens is 260 g/mol. The summed E-state index contributed by atoms with van der Waals surface area (Å²) in [6.07, 6.45) is -2.29. The van der Waals surface area contributed by atoms with Crippen LogP contribution in [0.2, 0.25) is 0 Å². The minimum absolute atomic E-state index is 0.00898. The zero-order valence-corrected chi connectivity index (χ0v) is 9.46. The van der Waals surface area contributed by atoms with Crippen LogP contribution in [0.25, 0.3) is 0 Å². The lowest BCUT2D eigenvalue weighted by atomic mass is 10.3. The topological polar surface area (TPSA) is 12.0 Å². The Morgan fingerprint density at radius 3 is 2.69 bits per heavy atom. The van der Waals surface area contributed by atoms with Gasteiger partial charge in [-0.15, -0.1) is 11.3 Å². The van der Waals surface area contributed by atoms with Crippen molar-refractivity contribution in [2.24, 2.45) is 0 Å². The highest BCUT2D eigenvalue weighted by Crippen LogP contribution is 2.26. The molecule has 0 saturated heterocycles. The Bertz CT molecular complexity index is 264. The molecule has 74 valence electrons. The van der Waals surface area contributed by atoms with Gasteiger partial charge in [0.25, 0.3) is 6.43 Å². The maximum Gasteiger partial charge on any atom is 0.250 e. The fourth-order valence-corrected chi connectivity index (χ4v) is 2.38. The molecule has 0 spiro atoms.